The molecule has 0 spiro atoms. The molecular weight excluding hydrogens is 2050 g/mol. The van der Waals surface area contributed by atoms with Gasteiger partial charge in [-0.3, -0.25) is 9.18 Å². The molecule has 23 rings (SSSR count). The van der Waals surface area contributed by atoms with Gasteiger partial charge in [0, 0.05) is 71.3 Å². The van der Waals surface area contributed by atoms with Gasteiger partial charge in [-0.25, -0.2) is 28.7 Å². The normalized spacial score (nSPS) is 11.8. The van der Waals surface area contributed by atoms with E-state index >= 15 is 0 Å². The molecule has 17 aromatic carbocycles. The molecular formula is C116H87B2BrCl4F3K2N6O12. The van der Waals surface area contributed by atoms with Crippen molar-refractivity contribution in [1.82, 2.24) is 29.9 Å². The molecule has 1 aliphatic rings. The molecule has 3 N–H and O–H groups in total. The largest absolute Gasteiger partial charge is 1.00 e. The molecule has 0 bridgehead atoms. The number of phenols is 2. The Hall–Kier alpha value is -12.3. The first kappa shape index (κ1) is 109. The minimum Gasteiger partial charge on any atom is -1.00 e. The van der Waals surface area contributed by atoms with E-state index in [1.807, 2.05) is 176 Å². The zero-order valence-corrected chi connectivity index (χ0v) is 90.2. The maximum absolute atomic E-state index is 13.5. The van der Waals surface area contributed by atoms with Crippen molar-refractivity contribution in [2.24, 2.45) is 0 Å². The second kappa shape index (κ2) is 53.4. The fourth-order valence-corrected chi connectivity index (χ4v) is 16.6. The summed E-state index contributed by atoms with van der Waals surface area (Å²) in [5.41, 5.74) is 17.6. The Balaban J connectivity index is 0.000000161. The SMILES string of the molecule is CC1(C)OB(c2cccc3oc4ccccc4c23)OC1(C)C.Clc1cccc2oc3ccccc3c12.Clc1nc(-c2ccccc2)nc(-c2ccc(-c3ccccc3)cc2)n1.Fc1cccc(Cl)c1Br.O=CO[O-].O[B]Oc1ccccc1O.Oc1ccccc1-c1c(F)cccc1Cl.[2H]CF.[H-].[K+].[K+].c1ccc(-c2ccc(-c3nc(-c4ccc(-c5ccccc5)cc4)nc(-c4cccc5oc6ccccc6c45)n3)cc2)cc1. The van der Waals surface area contributed by atoms with Gasteiger partial charge in [-0.2, -0.15) is 9.97 Å². The Kier molecular flexibility index (Phi) is 40.0. The van der Waals surface area contributed by atoms with Crippen molar-refractivity contribution in [1.29, 1.82) is 0 Å². The van der Waals surface area contributed by atoms with Crippen LogP contribution >= 0.6 is 62.3 Å². The van der Waals surface area contributed by atoms with Gasteiger partial charge in [0.15, 0.2) is 34.9 Å². The molecule has 5 aromatic heterocycles. The summed E-state index contributed by atoms with van der Waals surface area (Å²) < 4.78 is 76.5. The summed E-state index contributed by atoms with van der Waals surface area (Å²) in [5.74, 6) is 2.49. The van der Waals surface area contributed by atoms with E-state index in [-0.39, 0.29) is 168 Å². The first-order valence-electron chi connectivity index (χ1n) is 45.4. The third-order valence-corrected chi connectivity index (χ3v) is 25.2. The van der Waals surface area contributed by atoms with Gasteiger partial charge in [0.1, 0.15) is 56.6 Å². The van der Waals surface area contributed by atoms with Crippen molar-refractivity contribution < 1.29 is 176 Å². The fourth-order valence-electron chi connectivity index (χ4n) is 15.5. The monoisotopic (exact) mass is 2130 g/mol. The van der Waals surface area contributed by atoms with Crippen LogP contribution in [0.15, 0.2) is 424 Å². The minimum absolute atomic E-state index is 0. The number of aromatic nitrogens is 6. The molecule has 0 saturated carbocycles. The topological polar surface area (TPSA) is 254 Å². The summed E-state index contributed by atoms with van der Waals surface area (Å²) in [5, 5.41) is 43.1. The maximum atomic E-state index is 13.5. The van der Waals surface area contributed by atoms with E-state index in [9.17, 15) is 18.3 Å². The first-order valence-corrected chi connectivity index (χ1v) is 47.0. The molecule has 6 heterocycles. The number of hydrogen-bond acceptors (Lipinski definition) is 18. The van der Waals surface area contributed by atoms with Gasteiger partial charge in [0.05, 0.1) is 39.3 Å². The van der Waals surface area contributed by atoms with Gasteiger partial charge < -0.3 is 54.0 Å². The van der Waals surface area contributed by atoms with Crippen molar-refractivity contribution in [3.05, 3.63) is 443 Å². The average Bonchev–Trinajstić information content (AvgIpc) is 1.59. The quantitative estimate of drug-likeness (QED) is 0.0319. The number of hydrogen-bond donors (Lipinski definition) is 3. The number of halogens is 8. The zero-order valence-electron chi connectivity index (χ0n) is 81.3. The third-order valence-electron chi connectivity index (χ3n) is 23.1. The molecule has 0 unspecified atom stereocenters. The van der Waals surface area contributed by atoms with Crippen molar-refractivity contribution in [3.63, 3.8) is 0 Å². The summed E-state index contributed by atoms with van der Waals surface area (Å²) in [4.78, 5) is 39.4. The number of fused-ring (bicyclic) bond motifs is 9. The molecule has 0 amide bonds. The molecule has 18 nitrogen and oxygen atoms in total. The molecule has 30 heteroatoms. The van der Waals surface area contributed by atoms with Gasteiger partial charge in [-0.1, -0.05) is 356 Å². The van der Waals surface area contributed by atoms with Crippen molar-refractivity contribution in [2.45, 2.75) is 38.9 Å². The first-order chi connectivity index (χ1) is 70.4. The number of carbonyl (C=O) groups excluding carboxylic acids is 1. The molecule has 1 fully saturated rings. The van der Waals surface area contributed by atoms with Crippen LogP contribution in [0.4, 0.5) is 13.2 Å². The molecule has 717 valence electrons. The van der Waals surface area contributed by atoms with Gasteiger partial charge in [0.2, 0.25) is 5.28 Å². The Labute approximate surface area is 957 Å². The predicted octanol–water partition coefficient (Wildman–Crippen LogP) is 24.3. The predicted molar refractivity (Wildman–Crippen MR) is 573 cm³/mol. The van der Waals surface area contributed by atoms with Crippen LogP contribution in [-0.4, -0.2) is 84.8 Å². The standard InChI is InChI=1S/C39H25N3O.C21H14ClN3.C18H19BO3.C12H8ClFO.C12H7ClO.C6H6BO3.C6H3BrClF.CH3F.CH2O3.2K.H/c1-3-10-26(11-4-1)28-18-22-30(23-19-28)37-40-38(31-24-20-29(21-25-31)27-12-5-2-6-13-27)42-39(41-37)33-15-9-17-35-36(33)32-14-7-8-16-34(32)43-35;22-21-24-19(17-9-5-2-6-10-17)23-20(25-21)18-13-11-16(12-14-18)15-7-3-1-4-8-15;1-17(2)18(3,4)22-19(21-17)13-9-7-11-15-16(13)12-8-5-6-10-14(12)20-15;13-9-5-3-6-10(14)12(9)8-4-1-2-7-11(8)15;13-9-5-3-7-11-12(9)8-4-1-2-6-10(8)14-11;8-5-3-1-2-4-6(5)10-7-9;7-6-4(8)2-1-3-5(6)9;1-2;2-1-4-3;;;/h1-25H;1-14H;5-11H,1-4H3;1-7,15H;1-7H;1-4,8-9H;1-3H;1H3;1,3H;;;/q;;;;;;;;;2*+1;-1/p-1/i;;;;;;;1D;;;;. The summed E-state index contributed by atoms with van der Waals surface area (Å²) in [6, 6.07) is 129. The van der Waals surface area contributed by atoms with Gasteiger partial charge in [0.25, 0.3) is 6.47 Å². The Morgan fingerprint density at radius 3 is 1.12 bits per heavy atom. The van der Waals surface area contributed by atoms with E-state index in [2.05, 4.69) is 214 Å². The maximum Gasteiger partial charge on any atom is 1.00 e. The van der Waals surface area contributed by atoms with Crippen LogP contribution in [0.1, 0.15) is 30.5 Å². The number of aromatic hydroxyl groups is 2. The van der Waals surface area contributed by atoms with Crippen LogP contribution < -0.4 is 118 Å². The molecule has 0 atom stereocenters. The summed E-state index contributed by atoms with van der Waals surface area (Å²) in [6.45, 7) is 8.10. The van der Waals surface area contributed by atoms with E-state index < -0.39 is 13.0 Å². The van der Waals surface area contributed by atoms with Crippen molar-refractivity contribution in [3.8, 4) is 119 Å². The third kappa shape index (κ3) is 27.6. The van der Waals surface area contributed by atoms with Crippen molar-refractivity contribution >= 4 is 155 Å². The molecule has 0 aliphatic carbocycles. The van der Waals surface area contributed by atoms with Crippen LogP contribution in [0.5, 0.6) is 17.2 Å². The Morgan fingerprint density at radius 2 is 0.692 bits per heavy atom. The van der Waals surface area contributed by atoms with Crippen LogP contribution in [0.2, 0.25) is 20.4 Å². The van der Waals surface area contributed by atoms with Crippen LogP contribution in [-0.2, 0) is 19.0 Å². The molecule has 1 saturated heterocycles. The van der Waals surface area contributed by atoms with Gasteiger partial charge >= 0.3 is 118 Å². The number of nitrogens with zero attached hydrogens (tertiary/aromatic N) is 6. The number of furan rings is 3. The zero-order chi connectivity index (χ0) is 102. The summed E-state index contributed by atoms with van der Waals surface area (Å²) in [7, 11) is -0.857. The van der Waals surface area contributed by atoms with Gasteiger partial charge in [-0.15, -0.1) is 0 Å². The smallest absolute Gasteiger partial charge is 1.00 e. The van der Waals surface area contributed by atoms with E-state index in [0.29, 0.717) is 51.9 Å². The molecule has 1 radical (unpaired) electrons. The van der Waals surface area contributed by atoms with E-state index in [4.69, 9.17) is 105 Å². The second-order valence-corrected chi connectivity index (χ2v) is 35.0. The number of benzene rings is 17. The number of para-hydroxylation sites is 6. The number of rotatable bonds is 13. The number of alkyl halides is 1. The van der Waals surface area contributed by atoms with E-state index in [1.165, 1.54) is 47.0 Å². The summed E-state index contributed by atoms with van der Waals surface area (Å²) >= 11 is 26.6. The Bertz CT molecular complexity index is 8000. The number of phenolic OH excluding ortho intramolecular Hbond substituents is 2. The molecule has 146 heavy (non-hydrogen) atoms. The fraction of sp³-hybridized carbons (Fsp3) is 0.0603. The van der Waals surface area contributed by atoms with E-state index in [0.717, 1.165) is 121 Å². The van der Waals surface area contributed by atoms with E-state index in [1.54, 1.807) is 54.6 Å². The number of carbonyl (C=O) groups is 1. The van der Waals surface area contributed by atoms with Crippen LogP contribution in [0.3, 0.4) is 0 Å². The molecule has 1 aliphatic heterocycles. The second-order valence-electron chi connectivity index (χ2n) is 32.7. The van der Waals surface area contributed by atoms with Gasteiger partial charge in [-0.05, 0) is 179 Å². The van der Waals surface area contributed by atoms with Crippen LogP contribution in [0.25, 0.3) is 167 Å². The Morgan fingerprint density at radius 1 is 0.377 bits per heavy atom. The van der Waals surface area contributed by atoms with Crippen molar-refractivity contribution in [2.75, 3.05) is 7.15 Å². The minimum atomic E-state index is -1.00. The average molecular weight is 2140 g/mol. The van der Waals surface area contributed by atoms with Crippen LogP contribution in [0, 0.1) is 11.6 Å². The summed E-state index contributed by atoms with van der Waals surface area (Å²) in [6.07, 6.45) is 0. The molecule has 22 aromatic rings.